The highest BCUT2D eigenvalue weighted by Crippen LogP contribution is 2.40. The second kappa shape index (κ2) is 7.39. The maximum atomic E-state index is 12.5. The molecule has 0 radical (unpaired) electrons. The van der Waals surface area contributed by atoms with Crippen molar-refractivity contribution in [2.75, 3.05) is 45.8 Å². The van der Waals surface area contributed by atoms with Crippen LogP contribution >= 0.6 is 0 Å². The van der Waals surface area contributed by atoms with Crippen LogP contribution in [0, 0.1) is 11.8 Å². The largest absolute Gasteiger partial charge is 0.337 e. The van der Waals surface area contributed by atoms with E-state index in [1.807, 2.05) is 0 Å². The fourth-order valence-corrected chi connectivity index (χ4v) is 4.92. The zero-order chi connectivity index (χ0) is 16.4. The Morgan fingerprint density at radius 3 is 2.83 bits per heavy atom. The Kier molecular flexibility index (Phi) is 5.47. The van der Waals surface area contributed by atoms with Gasteiger partial charge in [-0.15, -0.1) is 0 Å². The SMILES string of the molecule is CCN(CCNC(=O)N1C[C@@H]2CN3CCCC[C@@H]3[C@H]2C1)C(C)C. The first-order valence-corrected chi connectivity index (χ1v) is 9.61. The van der Waals surface area contributed by atoms with Crippen LogP contribution in [-0.2, 0) is 0 Å². The van der Waals surface area contributed by atoms with Gasteiger partial charge in [-0.3, -0.25) is 9.80 Å². The Labute approximate surface area is 141 Å². The Morgan fingerprint density at radius 1 is 1.26 bits per heavy atom. The van der Waals surface area contributed by atoms with Crippen LogP contribution in [0.1, 0.15) is 40.0 Å². The Hall–Kier alpha value is -0.810. The maximum absolute atomic E-state index is 12.5. The fraction of sp³-hybridized carbons (Fsp3) is 0.944. The summed E-state index contributed by atoms with van der Waals surface area (Å²) in [7, 11) is 0. The third-order valence-electron chi connectivity index (χ3n) is 6.22. The lowest BCUT2D eigenvalue weighted by Crippen LogP contribution is -2.45. The van der Waals surface area contributed by atoms with Gasteiger partial charge in [-0.2, -0.15) is 0 Å². The molecule has 3 saturated heterocycles. The molecule has 3 heterocycles. The van der Waals surface area contributed by atoms with Crippen LogP contribution in [0.3, 0.4) is 0 Å². The number of rotatable bonds is 5. The zero-order valence-corrected chi connectivity index (χ0v) is 15.1. The molecule has 3 fully saturated rings. The standard InChI is InChI=1S/C18H34N4O/c1-4-20(14(2)3)10-8-19-18(23)22-12-15-11-21-9-6-5-7-17(21)16(15)13-22/h14-17H,4-13H2,1-3H3,(H,19,23)/t15-,16-,17+/m0/s1. The topological polar surface area (TPSA) is 38.8 Å². The first-order chi connectivity index (χ1) is 11.1. The minimum absolute atomic E-state index is 0.154. The van der Waals surface area contributed by atoms with Gasteiger partial charge < -0.3 is 10.2 Å². The van der Waals surface area contributed by atoms with E-state index in [4.69, 9.17) is 0 Å². The summed E-state index contributed by atoms with van der Waals surface area (Å²) < 4.78 is 0. The van der Waals surface area contributed by atoms with Gasteiger partial charge >= 0.3 is 6.03 Å². The quantitative estimate of drug-likeness (QED) is 0.839. The molecule has 23 heavy (non-hydrogen) atoms. The van der Waals surface area contributed by atoms with Crippen molar-refractivity contribution in [1.29, 1.82) is 0 Å². The number of amides is 2. The Balaban J connectivity index is 1.44. The van der Waals surface area contributed by atoms with Crippen LogP contribution in [0.5, 0.6) is 0 Å². The summed E-state index contributed by atoms with van der Waals surface area (Å²) in [4.78, 5) is 19.6. The lowest BCUT2D eigenvalue weighted by Gasteiger charge is -2.33. The molecule has 132 valence electrons. The van der Waals surface area contributed by atoms with Crippen LogP contribution in [0.25, 0.3) is 0 Å². The molecule has 0 spiro atoms. The number of urea groups is 1. The number of hydrogen-bond acceptors (Lipinski definition) is 3. The molecule has 5 nitrogen and oxygen atoms in total. The summed E-state index contributed by atoms with van der Waals surface area (Å²) in [5.74, 6) is 1.44. The summed E-state index contributed by atoms with van der Waals surface area (Å²) in [6.07, 6.45) is 4.08. The number of nitrogens with zero attached hydrogens (tertiary/aromatic N) is 3. The van der Waals surface area contributed by atoms with Crippen LogP contribution in [0.4, 0.5) is 4.79 Å². The molecule has 3 atom stereocenters. The normalized spacial score (nSPS) is 30.8. The van der Waals surface area contributed by atoms with Crippen molar-refractivity contribution in [2.24, 2.45) is 11.8 Å². The number of likely N-dealkylation sites (tertiary alicyclic amines) is 1. The van der Waals surface area contributed by atoms with Gasteiger partial charge in [0.25, 0.3) is 0 Å². The molecule has 3 aliphatic heterocycles. The fourth-order valence-electron chi connectivity index (χ4n) is 4.92. The van der Waals surface area contributed by atoms with Crippen molar-refractivity contribution in [2.45, 2.75) is 52.1 Å². The van der Waals surface area contributed by atoms with E-state index in [-0.39, 0.29) is 6.03 Å². The van der Waals surface area contributed by atoms with Crippen molar-refractivity contribution in [3.8, 4) is 0 Å². The van der Waals surface area contributed by atoms with E-state index in [1.54, 1.807) is 0 Å². The highest BCUT2D eigenvalue weighted by molar-refractivity contribution is 5.74. The van der Waals surface area contributed by atoms with E-state index in [1.165, 1.54) is 32.4 Å². The predicted molar refractivity (Wildman–Crippen MR) is 93.5 cm³/mol. The van der Waals surface area contributed by atoms with Gasteiger partial charge in [0.05, 0.1) is 0 Å². The van der Waals surface area contributed by atoms with Crippen molar-refractivity contribution >= 4 is 6.03 Å². The number of hydrogen-bond donors (Lipinski definition) is 1. The molecule has 0 aromatic heterocycles. The average molecular weight is 322 g/mol. The summed E-state index contributed by atoms with van der Waals surface area (Å²) in [5, 5.41) is 3.14. The van der Waals surface area contributed by atoms with Gasteiger partial charge in [0.2, 0.25) is 0 Å². The molecule has 0 aliphatic carbocycles. The van der Waals surface area contributed by atoms with E-state index in [2.05, 4.69) is 40.8 Å². The minimum Gasteiger partial charge on any atom is -0.337 e. The summed E-state index contributed by atoms with van der Waals surface area (Å²) >= 11 is 0. The number of nitrogens with one attached hydrogen (secondary N) is 1. The molecule has 1 N–H and O–H groups in total. The molecule has 0 unspecified atom stereocenters. The van der Waals surface area contributed by atoms with Crippen LogP contribution in [-0.4, -0.2) is 78.6 Å². The highest BCUT2D eigenvalue weighted by atomic mass is 16.2. The van der Waals surface area contributed by atoms with E-state index in [9.17, 15) is 4.79 Å². The lowest BCUT2D eigenvalue weighted by atomic mass is 9.90. The zero-order valence-electron chi connectivity index (χ0n) is 15.1. The van der Waals surface area contributed by atoms with Crippen molar-refractivity contribution in [3.63, 3.8) is 0 Å². The third kappa shape index (κ3) is 3.66. The molecule has 0 aromatic rings. The number of piperidine rings is 1. The minimum atomic E-state index is 0.154. The molecule has 5 heteroatoms. The molecular formula is C18H34N4O. The smallest absolute Gasteiger partial charge is 0.317 e. The second-order valence-electron chi connectivity index (χ2n) is 7.84. The van der Waals surface area contributed by atoms with Crippen molar-refractivity contribution < 1.29 is 4.79 Å². The van der Waals surface area contributed by atoms with Gasteiger partial charge in [0.15, 0.2) is 0 Å². The number of carbonyl (C=O) groups excluding carboxylic acids is 1. The molecule has 3 aliphatic rings. The molecule has 0 aromatic carbocycles. The second-order valence-corrected chi connectivity index (χ2v) is 7.84. The van der Waals surface area contributed by atoms with Gasteiger partial charge in [0.1, 0.15) is 0 Å². The van der Waals surface area contributed by atoms with E-state index < -0.39 is 0 Å². The van der Waals surface area contributed by atoms with E-state index in [0.717, 1.165) is 44.7 Å². The molecule has 0 bridgehead atoms. The molecule has 3 rings (SSSR count). The maximum Gasteiger partial charge on any atom is 0.317 e. The predicted octanol–water partition coefficient (Wildman–Crippen LogP) is 1.84. The molecular weight excluding hydrogens is 288 g/mol. The highest BCUT2D eigenvalue weighted by Gasteiger charge is 2.48. The van der Waals surface area contributed by atoms with Gasteiger partial charge in [-0.25, -0.2) is 4.79 Å². The first kappa shape index (κ1) is 17.0. The molecule has 0 saturated carbocycles. The van der Waals surface area contributed by atoms with E-state index in [0.29, 0.717) is 12.0 Å². The monoisotopic (exact) mass is 322 g/mol. The summed E-state index contributed by atoms with van der Waals surface area (Å²) in [5.41, 5.74) is 0. The van der Waals surface area contributed by atoms with Gasteiger partial charge in [-0.05, 0) is 51.6 Å². The van der Waals surface area contributed by atoms with Crippen molar-refractivity contribution in [1.82, 2.24) is 20.0 Å². The number of fused-ring (bicyclic) bond motifs is 3. The van der Waals surface area contributed by atoms with Crippen LogP contribution < -0.4 is 5.32 Å². The number of carbonyl (C=O) groups is 1. The van der Waals surface area contributed by atoms with Crippen molar-refractivity contribution in [3.05, 3.63) is 0 Å². The van der Waals surface area contributed by atoms with Gasteiger partial charge in [-0.1, -0.05) is 13.3 Å². The van der Waals surface area contributed by atoms with Crippen LogP contribution in [0.15, 0.2) is 0 Å². The molecule has 2 amide bonds. The van der Waals surface area contributed by atoms with E-state index >= 15 is 0 Å². The average Bonchev–Trinajstić information content (AvgIpc) is 3.08. The summed E-state index contributed by atoms with van der Waals surface area (Å²) in [6.45, 7) is 13.8. The number of likely N-dealkylation sites (N-methyl/N-ethyl adjacent to an activating group) is 1. The Morgan fingerprint density at radius 2 is 2.09 bits per heavy atom. The third-order valence-corrected chi connectivity index (χ3v) is 6.22. The summed E-state index contributed by atoms with van der Waals surface area (Å²) in [6, 6.07) is 1.45. The first-order valence-electron chi connectivity index (χ1n) is 9.61. The van der Waals surface area contributed by atoms with Crippen LogP contribution in [0.2, 0.25) is 0 Å². The van der Waals surface area contributed by atoms with Gasteiger partial charge in [0, 0.05) is 44.8 Å². The lowest BCUT2D eigenvalue weighted by molar-refractivity contribution is 0.153. The Bertz CT molecular complexity index is 414.